The zero-order valence-electron chi connectivity index (χ0n) is 18.4. The molecule has 30 heavy (non-hydrogen) atoms. The highest BCUT2D eigenvalue weighted by Crippen LogP contribution is 2.24. The summed E-state index contributed by atoms with van der Waals surface area (Å²) in [5.41, 5.74) is 2.72. The third-order valence-electron chi connectivity index (χ3n) is 4.06. The smallest absolute Gasteiger partial charge is 0.324 e. The van der Waals surface area contributed by atoms with Gasteiger partial charge in [0.25, 0.3) is 0 Å². The summed E-state index contributed by atoms with van der Waals surface area (Å²) in [4.78, 5) is 12.1. The molecular weight excluding hydrogens is 378 g/mol. The van der Waals surface area contributed by atoms with Gasteiger partial charge in [0.05, 0.1) is 6.61 Å². The van der Waals surface area contributed by atoms with Crippen LogP contribution in [-0.4, -0.2) is 17.8 Å². The fraction of sp³-hybridized carbons (Fsp3) is 0.333. The Labute approximate surface area is 178 Å². The quantitative estimate of drug-likeness (QED) is 0.490. The number of amides is 2. The summed E-state index contributed by atoms with van der Waals surface area (Å²) in [5, 5.41) is 9.29. The van der Waals surface area contributed by atoms with Crippen LogP contribution in [0.3, 0.4) is 0 Å². The van der Waals surface area contributed by atoms with E-state index in [1.807, 2.05) is 51.1 Å². The van der Waals surface area contributed by atoms with Crippen molar-refractivity contribution in [3.63, 3.8) is 0 Å². The van der Waals surface area contributed by atoms with Crippen molar-refractivity contribution in [2.24, 2.45) is 0 Å². The van der Waals surface area contributed by atoms with Gasteiger partial charge < -0.3 is 14.6 Å². The molecule has 0 aliphatic carbocycles. The third kappa shape index (κ3) is 7.99. The van der Waals surface area contributed by atoms with E-state index in [2.05, 4.69) is 36.2 Å². The van der Waals surface area contributed by atoms with Crippen molar-refractivity contribution < 1.29 is 14.1 Å². The summed E-state index contributed by atoms with van der Waals surface area (Å²) in [6.45, 7) is 14.7. The van der Waals surface area contributed by atoms with E-state index in [4.69, 9.17) is 9.26 Å². The van der Waals surface area contributed by atoms with Gasteiger partial charge in [-0.2, -0.15) is 0 Å². The molecule has 0 bridgehead atoms. The predicted octanol–water partition coefficient (Wildman–Crippen LogP) is 6.46. The Morgan fingerprint density at radius 2 is 1.90 bits per heavy atom. The van der Waals surface area contributed by atoms with Crippen LogP contribution < -0.4 is 15.4 Å². The minimum atomic E-state index is -0.392. The standard InChI is InChI=1S/C24H31N3O3/c1-17(2)8-7-9-18(3)14-15-29-20-12-10-19(11-13-20)25-23(28)26-22-16-21(30-27-22)24(4,5)6/h7-13,16H,3,14-15H2,1-2,4-6H3,(H2,25,26,27,28)/b9-7-. The molecule has 2 rings (SSSR count). The molecule has 1 heterocycles. The van der Waals surface area contributed by atoms with Gasteiger partial charge in [0.1, 0.15) is 11.5 Å². The third-order valence-corrected chi connectivity index (χ3v) is 4.06. The Bertz CT molecular complexity index is 912. The summed E-state index contributed by atoms with van der Waals surface area (Å²) in [5.74, 6) is 1.80. The molecule has 0 saturated heterocycles. The lowest BCUT2D eigenvalue weighted by molar-refractivity contribution is 0.262. The van der Waals surface area contributed by atoms with Crippen molar-refractivity contribution in [1.29, 1.82) is 0 Å². The topological polar surface area (TPSA) is 76.4 Å². The van der Waals surface area contributed by atoms with Crippen molar-refractivity contribution in [2.75, 3.05) is 17.2 Å². The fourth-order valence-corrected chi connectivity index (χ4v) is 2.36. The highest BCUT2D eigenvalue weighted by Gasteiger charge is 2.20. The largest absolute Gasteiger partial charge is 0.493 e. The lowest BCUT2D eigenvalue weighted by atomic mass is 9.93. The predicted molar refractivity (Wildman–Crippen MR) is 122 cm³/mol. The van der Waals surface area contributed by atoms with E-state index in [-0.39, 0.29) is 5.41 Å². The minimum absolute atomic E-state index is 0.173. The van der Waals surface area contributed by atoms with Crippen LogP contribution in [0.25, 0.3) is 0 Å². The normalized spacial score (nSPS) is 11.2. The second kappa shape index (κ2) is 10.5. The Hall–Kier alpha value is -3.28. The monoisotopic (exact) mass is 409 g/mol. The van der Waals surface area contributed by atoms with Crippen LogP contribution in [0.5, 0.6) is 5.75 Å². The van der Waals surface area contributed by atoms with E-state index < -0.39 is 6.03 Å². The molecule has 6 heteroatoms. The molecular formula is C24H31N3O3. The number of ether oxygens (including phenoxy) is 1. The number of benzene rings is 1. The number of hydrogen-bond acceptors (Lipinski definition) is 4. The number of allylic oxidation sites excluding steroid dienone is 4. The van der Waals surface area contributed by atoms with Gasteiger partial charge in [-0.15, -0.1) is 0 Å². The molecule has 2 N–H and O–H groups in total. The van der Waals surface area contributed by atoms with E-state index in [0.29, 0.717) is 23.9 Å². The summed E-state index contributed by atoms with van der Waals surface area (Å²) in [7, 11) is 0. The first-order valence-electron chi connectivity index (χ1n) is 9.91. The number of anilines is 2. The molecule has 2 amide bonds. The SMILES string of the molecule is C=C(/C=C\C=C(C)C)CCOc1ccc(NC(=O)Nc2cc(C(C)(C)C)on2)cc1. The maximum atomic E-state index is 12.1. The average Bonchev–Trinajstić information content (AvgIpc) is 3.11. The van der Waals surface area contributed by atoms with Crippen LogP contribution in [0.15, 0.2) is 70.8 Å². The van der Waals surface area contributed by atoms with Crippen LogP contribution in [-0.2, 0) is 5.41 Å². The van der Waals surface area contributed by atoms with Crippen LogP contribution >= 0.6 is 0 Å². The van der Waals surface area contributed by atoms with Gasteiger partial charge in [0.2, 0.25) is 0 Å². The van der Waals surface area contributed by atoms with Gasteiger partial charge in [-0.1, -0.05) is 61.9 Å². The lowest BCUT2D eigenvalue weighted by Crippen LogP contribution is -2.19. The molecule has 0 fully saturated rings. The Morgan fingerprint density at radius 1 is 1.20 bits per heavy atom. The van der Waals surface area contributed by atoms with Crippen molar-refractivity contribution in [3.05, 3.63) is 72.0 Å². The fourth-order valence-electron chi connectivity index (χ4n) is 2.36. The van der Waals surface area contributed by atoms with Gasteiger partial charge in [-0.05, 0) is 38.1 Å². The molecule has 1 aromatic carbocycles. The van der Waals surface area contributed by atoms with E-state index in [1.54, 1.807) is 18.2 Å². The number of rotatable bonds is 8. The minimum Gasteiger partial charge on any atom is -0.493 e. The van der Waals surface area contributed by atoms with Gasteiger partial charge in [-0.25, -0.2) is 4.79 Å². The number of nitrogens with one attached hydrogen (secondary N) is 2. The first kappa shape index (κ1) is 23.0. The zero-order valence-corrected chi connectivity index (χ0v) is 18.4. The van der Waals surface area contributed by atoms with Gasteiger partial charge >= 0.3 is 6.03 Å². The second-order valence-corrected chi connectivity index (χ2v) is 8.29. The average molecular weight is 410 g/mol. The van der Waals surface area contributed by atoms with E-state index in [9.17, 15) is 4.79 Å². The Morgan fingerprint density at radius 3 is 2.50 bits per heavy atom. The first-order valence-corrected chi connectivity index (χ1v) is 9.91. The molecule has 160 valence electrons. The van der Waals surface area contributed by atoms with Crippen LogP contribution in [0, 0.1) is 0 Å². The molecule has 1 aromatic heterocycles. The van der Waals surface area contributed by atoms with E-state index >= 15 is 0 Å². The highest BCUT2D eigenvalue weighted by molar-refractivity contribution is 5.99. The van der Waals surface area contributed by atoms with Gasteiger partial charge in [0, 0.05) is 23.6 Å². The second-order valence-electron chi connectivity index (χ2n) is 8.29. The molecule has 0 unspecified atom stereocenters. The summed E-state index contributed by atoms with van der Waals surface area (Å²) in [6.07, 6.45) is 6.76. The van der Waals surface area contributed by atoms with Crippen molar-refractivity contribution >= 4 is 17.5 Å². The summed E-state index contributed by atoms with van der Waals surface area (Å²) >= 11 is 0. The summed E-state index contributed by atoms with van der Waals surface area (Å²) in [6, 6.07) is 8.51. The number of urea groups is 1. The number of carbonyl (C=O) groups excluding carboxylic acids is 1. The van der Waals surface area contributed by atoms with Gasteiger partial charge in [0.15, 0.2) is 5.82 Å². The highest BCUT2D eigenvalue weighted by atomic mass is 16.5. The van der Waals surface area contributed by atoms with E-state index in [0.717, 1.165) is 17.7 Å². The van der Waals surface area contributed by atoms with Crippen molar-refractivity contribution in [3.8, 4) is 5.75 Å². The van der Waals surface area contributed by atoms with Crippen LogP contribution in [0.2, 0.25) is 0 Å². The molecule has 0 atom stereocenters. The van der Waals surface area contributed by atoms with Gasteiger partial charge in [-0.3, -0.25) is 5.32 Å². The lowest BCUT2D eigenvalue weighted by Gasteiger charge is -2.12. The molecule has 0 aliphatic heterocycles. The van der Waals surface area contributed by atoms with Crippen molar-refractivity contribution in [2.45, 2.75) is 46.5 Å². The maximum Gasteiger partial charge on any atom is 0.324 e. The Balaban J connectivity index is 1.78. The maximum absolute atomic E-state index is 12.1. The molecule has 0 radical (unpaired) electrons. The van der Waals surface area contributed by atoms with Crippen LogP contribution in [0.1, 0.15) is 46.8 Å². The molecule has 0 spiro atoms. The number of aromatic nitrogens is 1. The zero-order chi connectivity index (χ0) is 22.1. The number of nitrogens with zero attached hydrogens (tertiary/aromatic N) is 1. The number of hydrogen-bond donors (Lipinski definition) is 2. The molecule has 0 aliphatic rings. The van der Waals surface area contributed by atoms with Crippen molar-refractivity contribution in [1.82, 2.24) is 5.16 Å². The molecule has 2 aromatic rings. The summed E-state index contributed by atoms with van der Waals surface area (Å²) < 4.78 is 11.0. The van der Waals surface area contributed by atoms with Crippen LogP contribution in [0.4, 0.5) is 16.3 Å². The molecule has 0 saturated carbocycles. The number of carbonyl (C=O) groups is 1. The molecule has 6 nitrogen and oxygen atoms in total. The first-order chi connectivity index (χ1) is 14.1. The Kier molecular flexibility index (Phi) is 8.04. The van der Waals surface area contributed by atoms with E-state index in [1.165, 1.54) is 5.57 Å².